The summed E-state index contributed by atoms with van der Waals surface area (Å²) in [5.74, 6) is -0.756. The van der Waals surface area contributed by atoms with Crippen LogP contribution in [0.25, 0.3) is 0 Å². The van der Waals surface area contributed by atoms with Gasteiger partial charge in [-0.25, -0.2) is 4.79 Å². The fourth-order valence-corrected chi connectivity index (χ4v) is 1.97. The molecule has 18 heavy (non-hydrogen) atoms. The summed E-state index contributed by atoms with van der Waals surface area (Å²) >= 11 is 0. The van der Waals surface area contributed by atoms with E-state index in [0.717, 1.165) is 5.69 Å². The normalized spacial score (nSPS) is 16.5. The van der Waals surface area contributed by atoms with Gasteiger partial charge in [0.25, 0.3) is 0 Å². The van der Waals surface area contributed by atoms with Crippen LogP contribution in [0.1, 0.15) is 42.9 Å². The van der Waals surface area contributed by atoms with Crippen molar-refractivity contribution in [3.05, 3.63) is 17.5 Å². The number of hydrogen-bond donors (Lipinski definition) is 2. The number of rotatable bonds is 2. The van der Waals surface area contributed by atoms with Gasteiger partial charge in [-0.15, -0.1) is 0 Å². The molecule has 0 spiro atoms. The maximum atomic E-state index is 11.9. The molecule has 0 aliphatic carbocycles. The first-order valence-electron chi connectivity index (χ1n) is 5.87. The average Bonchev–Trinajstić information content (AvgIpc) is 2.62. The van der Waals surface area contributed by atoms with Gasteiger partial charge in [0.15, 0.2) is 5.69 Å². The third kappa shape index (κ3) is 2.23. The largest absolute Gasteiger partial charge is 0.476 e. The fourth-order valence-electron chi connectivity index (χ4n) is 1.97. The summed E-state index contributed by atoms with van der Waals surface area (Å²) in [7, 11) is 0. The zero-order chi connectivity index (χ0) is 13.5. The number of carbonyl (C=O) groups is 2. The molecule has 1 aromatic rings. The number of amides is 1. The highest BCUT2D eigenvalue weighted by Gasteiger charge is 2.37. The van der Waals surface area contributed by atoms with Crippen LogP contribution in [0.3, 0.4) is 0 Å². The van der Waals surface area contributed by atoms with Gasteiger partial charge in [0, 0.05) is 30.1 Å². The SMILES string of the molecule is CC(C)(C)C(=O)N1CC(c2cc(C(=O)O)n[nH]2)C1. The van der Waals surface area contributed by atoms with E-state index in [1.54, 1.807) is 4.90 Å². The molecule has 1 amide bonds. The molecule has 1 aliphatic heterocycles. The van der Waals surface area contributed by atoms with E-state index in [2.05, 4.69) is 10.2 Å². The average molecular weight is 251 g/mol. The molecule has 1 fully saturated rings. The van der Waals surface area contributed by atoms with E-state index >= 15 is 0 Å². The van der Waals surface area contributed by atoms with Gasteiger partial charge >= 0.3 is 5.97 Å². The molecule has 0 atom stereocenters. The summed E-state index contributed by atoms with van der Waals surface area (Å²) < 4.78 is 0. The van der Waals surface area contributed by atoms with Crippen molar-refractivity contribution in [3.8, 4) is 0 Å². The van der Waals surface area contributed by atoms with E-state index in [4.69, 9.17) is 5.11 Å². The van der Waals surface area contributed by atoms with Crippen LogP contribution in [0.4, 0.5) is 0 Å². The molecule has 0 saturated carbocycles. The minimum Gasteiger partial charge on any atom is -0.476 e. The Morgan fingerprint density at radius 2 is 2.06 bits per heavy atom. The maximum Gasteiger partial charge on any atom is 0.356 e. The lowest BCUT2D eigenvalue weighted by Gasteiger charge is -2.41. The van der Waals surface area contributed by atoms with Crippen molar-refractivity contribution in [1.29, 1.82) is 0 Å². The minimum atomic E-state index is -1.04. The summed E-state index contributed by atoms with van der Waals surface area (Å²) in [6.07, 6.45) is 0. The molecule has 1 aliphatic rings. The van der Waals surface area contributed by atoms with Crippen molar-refractivity contribution in [1.82, 2.24) is 15.1 Å². The molecular formula is C12H17N3O3. The van der Waals surface area contributed by atoms with Crippen molar-refractivity contribution in [2.45, 2.75) is 26.7 Å². The van der Waals surface area contributed by atoms with Crippen LogP contribution in [0.5, 0.6) is 0 Å². The second-order valence-corrected chi connectivity index (χ2v) is 5.67. The molecular weight excluding hydrogens is 234 g/mol. The number of aromatic nitrogens is 2. The molecule has 2 N–H and O–H groups in total. The number of nitrogens with zero attached hydrogens (tertiary/aromatic N) is 2. The van der Waals surface area contributed by atoms with Gasteiger partial charge in [-0.2, -0.15) is 5.10 Å². The van der Waals surface area contributed by atoms with E-state index in [-0.39, 0.29) is 22.9 Å². The number of aromatic amines is 1. The van der Waals surface area contributed by atoms with Gasteiger partial charge < -0.3 is 10.0 Å². The Morgan fingerprint density at radius 3 is 2.50 bits per heavy atom. The lowest BCUT2D eigenvalue weighted by atomic mass is 9.89. The van der Waals surface area contributed by atoms with Gasteiger partial charge in [0.05, 0.1) is 0 Å². The van der Waals surface area contributed by atoms with Gasteiger partial charge in [-0.3, -0.25) is 9.89 Å². The van der Waals surface area contributed by atoms with Gasteiger partial charge in [-0.1, -0.05) is 20.8 Å². The highest BCUT2D eigenvalue weighted by molar-refractivity contribution is 5.85. The van der Waals surface area contributed by atoms with Crippen LogP contribution in [-0.2, 0) is 4.79 Å². The standard InChI is InChI=1S/C12H17N3O3/c1-12(2,3)11(18)15-5-7(6-15)8-4-9(10(16)17)14-13-8/h4,7H,5-6H2,1-3H3,(H,13,14)(H,16,17). The van der Waals surface area contributed by atoms with E-state index in [9.17, 15) is 9.59 Å². The molecule has 1 aromatic heterocycles. The maximum absolute atomic E-state index is 11.9. The molecule has 6 heteroatoms. The summed E-state index contributed by atoms with van der Waals surface area (Å²) in [6.45, 7) is 6.92. The van der Waals surface area contributed by atoms with Crippen LogP contribution in [0.15, 0.2) is 6.07 Å². The highest BCUT2D eigenvalue weighted by atomic mass is 16.4. The van der Waals surface area contributed by atoms with Crippen LogP contribution < -0.4 is 0 Å². The zero-order valence-corrected chi connectivity index (χ0v) is 10.7. The molecule has 0 bridgehead atoms. The Hall–Kier alpha value is -1.85. The molecule has 1 saturated heterocycles. The predicted molar refractivity (Wildman–Crippen MR) is 64.3 cm³/mol. The monoisotopic (exact) mass is 251 g/mol. The minimum absolute atomic E-state index is 0.0191. The lowest BCUT2D eigenvalue weighted by molar-refractivity contribution is -0.144. The molecule has 98 valence electrons. The van der Waals surface area contributed by atoms with E-state index in [0.29, 0.717) is 13.1 Å². The Morgan fingerprint density at radius 1 is 1.44 bits per heavy atom. The molecule has 6 nitrogen and oxygen atoms in total. The van der Waals surface area contributed by atoms with E-state index in [1.807, 2.05) is 20.8 Å². The fraction of sp³-hybridized carbons (Fsp3) is 0.583. The Kier molecular flexibility index (Phi) is 2.88. The van der Waals surface area contributed by atoms with Crippen molar-refractivity contribution in [3.63, 3.8) is 0 Å². The number of carbonyl (C=O) groups excluding carboxylic acids is 1. The summed E-state index contributed by atoms with van der Waals surface area (Å²) in [6, 6.07) is 1.53. The third-order valence-corrected chi connectivity index (χ3v) is 3.07. The van der Waals surface area contributed by atoms with Gasteiger partial charge in [0.2, 0.25) is 5.91 Å². The Balaban J connectivity index is 1.96. The van der Waals surface area contributed by atoms with Crippen molar-refractivity contribution in [2.75, 3.05) is 13.1 Å². The number of nitrogens with one attached hydrogen (secondary N) is 1. The lowest BCUT2D eigenvalue weighted by Crippen LogP contribution is -2.52. The van der Waals surface area contributed by atoms with E-state index in [1.165, 1.54) is 6.07 Å². The summed E-state index contributed by atoms with van der Waals surface area (Å²) in [5, 5.41) is 15.2. The van der Waals surface area contributed by atoms with Crippen LogP contribution in [0, 0.1) is 5.41 Å². The molecule has 0 unspecified atom stereocenters. The number of H-pyrrole nitrogens is 1. The van der Waals surface area contributed by atoms with Crippen molar-refractivity contribution in [2.24, 2.45) is 5.41 Å². The molecule has 0 aromatic carbocycles. The van der Waals surface area contributed by atoms with Gasteiger partial charge in [-0.05, 0) is 6.07 Å². The van der Waals surface area contributed by atoms with Crippen LogP contribution in [-0.4, -0.2) is 45.2 Å². The quantitative estimate of drug-likeness (QED) is 0.823. The molecule has 2 heterocycles. The molecule has 0 radical (unpaired) electrons. The number of hydrogen-bond acceptors (Lipinski definition) is 3. The van der Waals surface area contributed by atoms with Crippen LogP contribution >= 0.6 is 0 Å². The number of carboxylic acid groups (broad SMARTS) is 1. The Labute approximate surface area is 105 Å². The predicted octanol–water partition coefficient (Wildman–Crippen LogP) is 1.08. The second-order valence-electron chi connectivity index (χ2n) is 5.67. The number of aromatic carboxylic acids is 1. The smallest absolute Gasteiger partial charge is 0.356 e. The summed E-state index contributed by atoms with van der Waals surface area (Å²) in [5.41, 5.74) is 0.432. The van der Waals surface area contributed by atoms with Crippen LogP contribution in [0.2, 0.25) is 0 Å². The zero-order valence-electron chi connectivity index (χ0n) is 10.7. The Bertz CT molecular complexity index is 481. The first-order valence-corrected chi connectivity index (χ1v) is 5.87. The number of likely N-dealkylation sites (tertiary alicyclic amines) is 1. The third-order valence-electron chi connectivity index (χ3n) is 3.07. The first kappa shape index (κ1) is 12.6. The van der Waals surface area contributed by atoms with Crippen molar-refractivity contribution < 1.29 is 14.7 Å². The van der Waals surface area contributed by atoms with Gasteiger partial charge in [0.1, 0.15) is 0 Å². The number of carboxylic acids is 1. The topological polar surface area (TPSA) is 86.3 Å². The molecule has 2 rings (SSSR count). The second kappa shape index (κ2) is 4.12. The van der Waals surface area contributed by atoms with E-state index < -0.39 is 5.97 Å². The summed E-state index contributed by atoms with van der Waals surface area (Å²) in [4.78, 5) is 24.4. The highest BCUT2D eigenvalue weighted by Crippen LogP contribution is 2.30. The van der Waals surface area contributed by atoms with Crippen molar-refractivity contribution >= 4 is 11.9 Å². The first-order chi connectivity index (χ1) is 8.29.